The molecule has 5 aliphatic rings. The number of halogens is 1. The summed E-state index contributed by atoms with van der Waals surface area (Å²) in [6, 6.07) is 11.2. The van der Waals surface area contributed by atoms with Gasteiger partial charge in [0.1, 0.15) is 0 Å². The van der Waals surface area contributed by atoms with E-state index in [0.29, 0.717) is 17.7 Å². The van der Waals surface area contributed by atoms with Crippen LogP contribution < -0.4 is 5.73 Å². The Morgan fingerprint density at radius 2 is 1.79 bits per heavy atom. The van der Waals surface area contributed by atoms with Crippen molar-refractivity contribution in [2.45, 2.75) is 63.8 Å². The third-order valence-electron chi connectivity index (χ3n) is 9.00. The van der Waals surface area contributed by atoms with Crippen LogP contribution in [0.2, 0.25) is 0 Å². The van der Waals surface area contributed by atoms with Gasteiger partial charge in [0.15, 0.2) is 0 Å². The lowest BCUT2D eigenvalue weighted by molar-refractivity contribution is -0.161. The minimum Gasteiger partial charge on any atom is -0.342 e. The predicted molar refractivity (Wildman–Crippen MR) is 118 cm³/mol. The van der Waals surface area contributed by atoms with Gasteiger partial charge < -0.3 is 10.6 Å². The van der Waals surface area contributed by atoms with Crippen LogP contribution in [-0.2, 0) is 10.2 Å². The minimum absolute atomic E-state index is 0.00243. The van der Waals surface area contributed by atoms with Crippen molar-refractivity contribution in [3.05, 3.63) is 35.9 Å². The summed E-state index contributed by atoms with van der Waals surface area (Å²) in [6.45, 7) is 6.04. The molecule has 2 unspecified atom stereocenters. The molecule has 3 atom stereocenters. The molecule has 4 aliphatic carbocycles. The number of hydrogen-bond acceptors (Lipinski definition) is 2. The van der Waals surface area contributed by atoms with Gasteiger partial charge in [-0.3, -0.25) is 4.79 Å². The Kier molecular flexibility index (Phi) is 4.61. The molecule has 0 spiro atoms. The molecule has 29 heavy (non-hydrogen) atoms. The van der Waals surface area contributed by atoms with Crippen molar-refractivity contribution in [1.29, 1.82) is 0 Å². The largest absolute Gasteiger partial charge is 0.342 e. The van der Waals surface area contributed by atoms with Crippen LogP contribution in [0.15, 0.2) is 30.3 Å². The molecule has 6 rings (SSSR count). The van der Waals surface area contributed by atoms with E-state index in [-0.39, 0.29) is 28.2 Å². The normalized spacial score (nSPS) is 42.8. The zero-order chi connectivity index (χ0) is 20.4. The zero-order valence-electron chi connectivity index (χ0n) is 17.9. The van der Waals surface area contributed by atoms with Crippen molar-refractivity contribution >= 4 is 17.5 Å². The second-order valence-electron chi connectivity index (χ2n) is 11.5. The number of carbonyl (C=O) groups is 1. The van der Waals surface area contributed by atoms with E-state index >= 15 is 0 Å². The number of carbonyl (C=O) groups excluding carboxylic acids is 1. The van der Waals surface area contributed by atoms with Crippen molar-refractivity contribution < 1.29 is 4.79 Å². The smallest absolute Gasteiger partial charge is 0.226 e. The number of nitrogens with zero attached hydrogens (tertiary/aromatic N) is 1. The van der Waals surface area contributed by atoms with Crippen LogP contribution in [0.4, 0.5) is 0 Å². The summed E-state index contributed by atoms with van der Waals surface area (Å²) in [7, 11) is 0. The van der Waals surface area contributed by atoms with Gasteiger partial charge in [-0.1, -0.05) is 44.2 Å². The number of hydrogen-bond donors (Lipinski definition) is 1. The predicted octanol–water partition coefficient (Wildman–Crippen LogP) is 4.58. The number of alkyl halides is 1. The molecule has 0 radical (unpaired) electrons. The fourth-order valence-corrected chi connectivity index (χ4v) is 8.10. The van der Waals surface area contributed by atoms with Crippen LogP contribution in [0.3, 0.4) is 0 Å². The molecule has 1 aliphatic heterocycles. The van der Waals surface area contributed by atoms with Crippen molar-refractivity contribution in [3.63, 3.8) is 0 Å². The average Bonchev–Trinajstić information content (AvgIpc) is 2.70. The number of benzene rings is 1. The Balaban J connectivity index is 1.44. The van der Waals surface area contributed by atoms with E-state index in [0.717, 1.165) is 51.1 Å². The summed E-state index contributed by atoms with van der Waals surface area (Å²) < 4.78 is 0. The number of likely N-dealkylation sites (tertiary alicyclic amines) is 1. The van der Waals surface area contributed by atoms with Gasteiger partial charge in [0, 0.05) is 30.9 Å². The Hall–Kier alpha value is -1.06. The third-order valence-corrected chi connectivity index (χ3v) is 9.57. The first kappa shape index (κ1) is 19.9. The lowest BCUT2D eigenvalue weighted by Crippen LogP contribution is -2.63. The minimum atomic E-state index is 0.00243. The number of piperidine rings is 1. The molecule has 3 nitrogen and oxygen atoms in total. The maximum atomic E-state index is 13.8. The van der Waals surface area contributed by atoms with Crippen molar-refractivity contribution in [1.82, 2.24) is 4.90 Å². The highest BCUT2D eigenvalue weighted by molar-refractivity contribution is 6.18. The summed E-state index contributed by atoms with van der Waals surface area (Å²) >= 11 is 6.59. The molecule has 1 heterocycles. The maximum absolute atomic E-state index is 13.8. The molecular weight excluding hydrogens is 380 g/mol. The molecule has 0 aromatic heterocycles. The van der Waals surface area contributed by atoms with Crippen LogP contribution in [0.1, 0.15) is 57.9 Å². The van der Waals surface area contributed by atoms with E-state index in [4.69, 9.17) is 17.3 Å². The van der Waals surface area contributed by atoms with Gasteiger partial charge in [0.2, 0.25) is 5.91 Å². The van der Waals surface area contributed by atoms with Crippen molar-refractivity contribution in [2.24, 2.45) is 34.3 Å². The summed E-state index contributed by atoms with van der Waals surface area (Å²) in [6.07, 6.45) is 6.69. The summed E-state index contributed by atoms with van der Waals surface area (Å²) in [5.41, 5.74) is 8.26. The Morgan fingerprint density at radius 3 is 2.38 bits per heavy atom. The van der Waals surface area contributed by atoms with E-state index in [1.165, 1.54) is 12.0 Å². The lowest BCUT2D eigenvalue weighted by atomic mass is 9.40. The van der Waals surface area contributed by atoms with E-state index in [1.807, 2.05) is 0 Å². The summed E-state index contributed by atoms with van der Waals surface area (Å²) in [5.74, 6) is 2.28. The second kappa shape index (κ2) is 6.72. The van der Waals surface area contributed by atoms with Gasteiger partial charge in [-0.2, -0.15) is 0 Å². The highest BCUT2D eigenvalue weighted by Gasteiger charge is 2.63. The molecule has 5 fully saturated rings. The van der Waals surface area contributed by atoms with Crippen molar-refractivity contribution in [3.8, 4) is 0 Å². The number of nitrogens with two attached hydrogens (primary N) is 1. The van der Waals surface area contributed by atoms with Gasteiger partial charge in [0.25, 0.3) is 0 Å². The standard InChI is InChI=1S/C25H35ClN2O/c1-23(2)16-28(9-8-20(23)27)22(29)21-17-10-24(15-26)11-18(21)13-25(12-17,14-24)19-6-4-3-5-7-19/h3-7,17-18,20-21H,8-16,27H2,1-2H3/t17?,18?,20-,21?,24?,25?/m0/s1. The number of amides is 1. The highest BCUT2D eigenvalue weighted by atomic mass is 35.5. The molecule has 4 bridgehead atoms. The first-order valence-corrected chi connectivity index (χ1v) is 12.0. The van der Waals surface area contributed by atoms with Gasteiger partial charge >= 0.3 is 0 Å². The molecule has 1 amide bonds. The third kappa shape index (κ3) is 3.07. The summed E-state index contributed by atoms with van der Waals surface area (Å²) in [4.78, 5) is 15.9. The van der Waals surface area contributed by atoms with Crippen LogP contribution in [0.5, 0.6) is 0 Å². The van der Waals surface area contributed by atoms with Crippen LogP contribution in [0, 0.1) is 28.6 Å². The van der Waals surface area contributed by atoms with E-state index in [1.54, 1.807) is 0 Å². The fourth-order valence-electron chi connectivity index (χ4n) is 7.79. The molecular formula is C25H35ClN2O. The van der Waals surface area contributed by atoms with Gasteiger partial charge in [0.05, 0.1) is 0 Å². The SMILES string of the molecule is CC1(C)CN(C(=O)C2C3CC4(CCl)CC2CC(c2ccccc2)(C3)C4)CC[C@@H]1N. The molecule has 1 aromatic rings. The highest BCUT2D eigenvalue weighted by Crippen LogP contribution is 2.68. The van der Waals surface area contributed by atoms with Gasteiger partial charge in [-0.15, -0.1) is 11.6 Å². The van der Waals surface area contributed by atoms with Crippen LogP contribution in [-0.4, -0.2) is 35.8 Å². The Morgan fingerprint density at radius 1 is 1.14 bits per heavy atom. The molecule has 2 N–H and O–H groups in total. The van der Waals surface area contributed by atoms with Crippen LogP contribution >= 0.6 is 11.6 Å². The van der Waals surface area contributed by atoms with E-state index in [2.05, 4.69) is 49.1 Å². The Labute approximate surface area is 180 Å². The molecule has 1 saturated heterocycles. The topological polar surface area (TPSA) is 46.3 Å². The van der Waals surface area contributed by atoms with E-state index < -0.39 is 0 Å². The maximum Gasteiger partial charge on any atom is 0.226 e. The first-order valence-electron chi connectivity index (χ1n) is 11.4. The summed E-state index contributed by atoms with van der Waals surface area (Å²) in [5, 5.41) is 0. The van der Waals surface area contributed by atoms with Crippen LogP contribution in [0.25, 0.3) is 0 Å². The molecule has 4 heteroatoms. The molecule has 4 saturated carbocycles. The Bertz CT molecular complexity index is 775. The first-order chi connectivity index (χ1) is 13.8. The van der Waals surface area contributed by atoms with Crippen molar-refractivity contribution in [2.75, 3.05) is 19.0 Å². The van der Waals surface area contributed by atoms with Gasteiger partial charge in [-0.25, -0.2) is 0 Å². The number of rotatable bonds is 3. The molecule has 158 valence electrons. The monoisotopic (exact) mass is 414 g/mol. The fraction of sp³-hybridized carbons (Fsp3) is 0.720. The average molecular weight is 415 g/mol. The quantitative estimate of drug-likeness (QED) is 0.736. The zero-order valence-corrected chi connectivity index (χ0v) is 18.6. The van der Waals surface area contributed by atoms with Gasteiger partial charge in [-0.05, 0) is 72.2 Å². The second-order valence-corrected chi connectivity index (χ2v) is 11.7. The molecule has 1 aromatic carbocycles. The van der Waals surface area contributed by atoms with E-state index in [9.17, 15) is 4.79 Å². The lowest BCUT2D eigenvalue weighted by Gasteiger charge is -2.65.